The zero-order valence-corrected chi connectivity index (χ0v) is 16.7. The number of carbonyl (C=O) groups excluding carboxylic acids is 2. The zero-order chi connectivity index (χ0) is 20.4. The van der Waals surface area contributed by atoms with Crippen molar-refractivity contribution in [3.8, 4) is 10.6 Å². The highest BCUT2D eigenvalue weighted by Gasteiger charge is 2.31. The van der Waals surface area contributed by atoms with Gasteiger partial charge in [-0.05, 0) is 25.1 Å². The number of nitrogens with one attached hydrogen (secondary N) is 2. The summed E-state index contributed by atoms with van der Waals surface area (Å²) < 4.78 is 0. The van der Waals surface area contributed by atoms with Gasteiger partial charge in [0.05, 0.1) is 10.7 Å². The molecule has 0 spiro atoms. The number of hydrazine groups is 1. The average molecular weight is 427 g/mol. The number of para-hydroxylation sites is 1. The molecule has 1 aromatic heterocycles. The molecule has 0 saturated carbocycles. The minimum atomic E-state index is -0.703. The molecule has 4 rings (SSSR count). The van der Waals surface area contributed by atoms with E-state index in [4.69, 9.17) is 11.6 Å². The Morgan fingerprint density at radius 2 is 1.86 bits per heavy atom. The van der Waals surface area contributed by atoms with E-state index in [0.29, 0.717) is 20.8 Å². The molecule has 0 fully saturated rings. The van der Waals surface area contributed by atoms with E-state index in [0.717, 1.165) is 5.56 Å². The number of benzene rings is 2. The van der Waals surface area contributed by atoms with Gasteiger partial charge in [0.1, 0.15) is 6.04 Å². The van der Waals surface area contributed by atoms with E-state index in [9.17, 15) is 9.59 Å². The number of amidine groups is 1. The predicted octanol–water partition coefficient (Wildman–Crippen LogP) is 3.14. The van der Waals surface area contributed by atoms with Crippen LogP contribution < -0.4 is 15.8 Å². The molecule has 0 saturated heterocycles. The Balaban J connectivity index is 1.52. The highest BCUT2D eigenvalue weighted by molar-refractivity contribution is 7.18. The van der Waals surface area contributed by atoms with Crippen LogP contribution in [0.15, 0.2) is 59.6 Å². The van der Waals surface area contributed by atoms with Gasteiger partial charge >= 0.3 is 0 Å². The Labute approximate surface area is 175 Å². The molecule has 1 unspecified atom stereocenters. The molecule has 146 valence electrons. The van der Waals surface area contributed by atoms with E-state index in [1.54, 1.807) is 37.3 Å². The standard InChI is InChI=1S/C19H15ClN6O2S/c1-11-18(28)26(12-7-3-2-4-8-12)25-15(21-11)16(27)22-19-24-23-17(29-19)13-9-5-6-10-14(13)20/h2-11H,1H3,(H,21,25)(H,22,24,27). The minimum absolute atomic E-state index is 0.00967. The lowest BCUT2D eigenvalue weighted by molar-refractivity contribution is -0.120. The lowest BCUT2D eigenvalue weighted by Crippen LogP contribution is -2.57. The predicted molar refractivity (Wildman–Crippen MR) is 113 cm³/mol. The van der Waals surface area contributed by atoms with Crippen molar-refractivity contribution in [3.63, 3.8) is 0 Å². The largest absolute Gasteiger partial charge is 0.294 e. The molecule has 1 aliphatic rings. The summed E-state index contributed by atoms with van der Waals surface area (Å²) in [5.41, 5.74) is 4.12. The van der Waals surface area contributed by atoms with Crippen LogP contribution in [0.4, 0.5) is 10.8 Å². The zero-order valence-electron chi connectivity index (χ0n) is 15.2. The second-order valence-corrected chi connectivity index (χ2v) is 7.51. The summed E-state index contributed by atoms with van der Waals surface area (Å²) in [6.07, 6.45) is 0. The molecule has 2 amide bonds. The summed E-state index contributed by atoms with van der Waals surface area (Å²) in [5.74, 6) is -0.771. The molecule has 29 heavy (non-hydrogen) atoms. The van der Waals surface area contributed by atoms with Crippen molar-refractivity contribution < 1.29 is 9.59 Å². The SMILES string of the molecule is CC1N=C(C(=O)Nc2nnc(-c3ccccc3Cl)s2)NN(c2ccccc2)C1=O. The summed E-state index contributed by atoms with van der Waals surface area (Å²) >= 11 is 7.37. The quantitative estimate of drug-likeness (QED) is 0.667. The maximum absolute atomic E-state index is 12.7. The van der Waals surface area contributed by atoms with Crippen LogP contribution in [0.25, 0.3) is 10.6 Å². The fourth-order valence-electron chi connectivity index (χ4n) is 2.68. The lowest BCUT2D eigenvalue weighted by atomic mass is 10.2. The number of amides is 2. The third kappa shape index (κ3) is 3.96. The highest BCUT2D eigenvalue weighted by atomic mass is 35.5. The van der Waals surface area contributed by atoms with Gasteiger partial charge in [0.25, 0.3) is 11.8 Å². The normalized spacial score (nSPS) is 16.2. The van der Waals surface area contributed by atoms with E-state index in [2.05, 4.69) is 25.9 Å². The number of nitrogens with zero attached hydrogens (tertiary/aromatic N) is 4. The maximum atomic E-state index is 12.7. The Kier molecular flexibility index (Phi) is 5.24. The summed E-state index contributed by atoms with van der Waals surface area (Å²) in [7, 11) is 0. The number of hydrogen-bond donors (Lipinski definition) is 2. The molecule has 8 nitrogen and oxygen atoms in total. The van der Waals surface area contributed by atoms with Gasteiger partial charge < -0.3 is 0 Å². The molecule has 10 heteroatoms. The van der Waals surface area contributed by atoms with Gasteiger partial charge in [-0.25, -0.2) is 10.0 Å². The molecule has 1 atom stereocenters. The minimum Gasteiger partial charge on any atom is -0.294 e. The number of rotatable bonds is 4. The van der Waals surface area contributed by atoms with E-state index >= 15 is 0 Å². The topological polar surface area (TPSA) is 99.6 Å². The Bertz CT molecular complexity index is 1100. The van der Waals surface area contributed by atoms with Crippen LogP contribution in [0.5, 0.6) is 0 Å². The summed E-state index contributed by atoms with van der Waals surface area (Å²) in [5, 5.41) is 13.5. The average Bonchev–Trinajstić information content (AvgIpc) is 3.19. The molecule has 2 aromatic carbocycles. The van der Waals surface area contributed by atoms with Crippen LogP contribution in [0, 0.1) is 0 Å². The van der Waals surface area contributed by atoms with E-state index in [1.165, 1.54) is 16.3 Å². The Morgan fingerprint density at radius 3 is 2.62 bits per heavy atom. The van der Waals surface area contributed by atoms with E-state index in [-0.39, 0.29) is 11.7 Å². The molecule has 3 aromatic rings. The monoisotopic (exact) mass is 426 g/mol. The van der Waals surface area contributed by atoms with E-state index < -0.39 is 11.9 Å². The number of anilines is 2. The fourth-order valence-corrected chi connectivity index (χ4v) is 3.74. The van der Waals surface area contributed by atoms with Gasteiger partial charge in [-0.1, -0.05) is 59.3 Å². The number of hydrogen-bond acceptors (Lipinski definition) is 7. The van der Waals surface area contributed by atoms with Gasteiger partial charge in [0.2, 0.25) is 11.0 Å². The van der Waals surface area contributed by atoms with E-state index in [1.807, 2.05) is 24.3 Å². The van der Waals surface area contributed by atoms with Gasteiger partial charge in [-0.15, -0.1) is 10.2 Å². The number of aliphatic imine (C=N–C) groups is 1. The van der Waals surface area contributed by atoms with Gasteiger partial charge in [0.15, 0.2) is 5.01 Å². The molecular weight excluding hydrogens is 412 g/mol. The highest BCUT2D eigenvalue weighted by Crippen LogP contribution is 2.31. The molecule has 0 radical (unpaired) electrons. The smallest absolute Gasteiger partial charge is 0.294 e. The first-order chi connectivity index (χ1) is 14.0. The van der Waals surface area contributed by atoms with Crippen molar-refractivity contribution in [3.05, 3.63) is 59.6 Å². The van der Waals surface area contributed by atoms with Crippen LogP contribution >= 0.6 is 22.9 Å². The summed E-state index contributed by atoms with van der Waals surface area (Å²) in [6, 6.07) is 15.5. The van der Waals surface area contributed by atoms with Crippen LogP contribution in [0.2, 0.25) is 5.02 Å². The molecule has 1 aliphatic heterocycles. The Hall–Kier alpha value is -3.30. The molecule has 0 aliphatic carbocycles. The third-order valence-corrected chi connectivity index (χ3v) is 5.30. The number of carbonyl (C=O) groups is 2. The van der Waals surface area contributed by atoms with Crippen LogP contribution in [0.1, 0.15) is 6.92 Å². The van der Waals surface area contributed by atoms with Crippen molar-refractivity contribution >= 4 is 51.4 Å². The first-order valence-corrected chi connectivity index (χ1v) is 9.85. The lowest BCUT2D eigenvalue weighted by Gasteiger charge is -2.30. The first kappa shape index (κ1) is 19.0. The molecule has 2 N–H and O–H groups in total. The second-order valence-electron chi connectivity index (χ2n) is 6.12. The molecule has 2 heterocycles. The van der Waals surface area contributed by atoms with Crippen molar-refractivity contribution in [2.24, 2.45) is 4.99 Å². The second kappa shape index (κ2) is 7.98. The van der Waals surface area contributed by atoms with Crippen LogP contribution in [-0.2, 0) is 9.59 Å². The van der Waals surface area contributed by atoms with Crippen molar-refractivity contribution in [1.29, 1.82) is 0 Å². The molecular formula is C19H15ClN6O2S. The van der Waals surface area contributed by atoms with Crippen molar-refractivity contribution in [2.45, 2.75) is 13.0 Å². The first-order valence-electron chi connectivity index (χ1n) is 8.66. The maximum Gasteiger partial charge on any atom is 0.294 e. The fraction of sp³-hybridized carbons (Fsp3) is 0.105. The van der Waals surface area contributed by atoms with Crippen molar-refractivity contribution in [1.82, 2.24) is 15.6 Å². The van der Waals surface area contributed by atoms with Gasteiger partial charge in [-0.3, -0.25) is 20.3 Å². The van der Waals surface area contributed by atoms with Gasteiger partial charge in [0, 0.05) is 5.56 Å². The van der Waals surface area contributed by atoms with Crippen LogP contribution in [0.3, 0.4) is 0 Å². The van der Waals surface area contributed by atoms with Crippen molar-refractivity contribution in [2.75, 3.05) is 10.3 Å². The van der Waals surface area contributed by atoms with Gasteiger partial charge in [-0.2, -0.15) is 0 Å². The van der Waals surface area contributed by atoms with Crippen LogP contribution in [-0.4, -0.2) is 33.9 Å². The Morgan fingerprint density at radius 1 is 1.14 bits per heavy atom. The summed E-state index contributed by atoms with van der Waals surface area (Å²) in [4.78, 5) is 29.3. The molecule has 0 bridgehead atoms. The number of aromatic nitrogens is 2. The number of halogens is 1. The summed E-state index contributed by atoms with van der Waals surface area (Å²) in [6.45, 7) is 1.63. The third-order valence-electron chi connectivity index (χ3n) is 4.10.